The lowest BCUT2D eigenvalue weighted by molar-refractivity contribution is 0.254. The Morgan fingerprint density at radius 3 is 1.79 bits per heavy atom. The van der Waals surface area contributed by atoms with Crippen molar-refractivity contribution in [3.63, 3.8) is 0 Å². The van der Waals surface area contributed by atoms with E-state index in [1.807, 2.05) is 24.3 Å². The molecule has 0 radical (unpaired) electrons. The van der Waals surface area contributed by atoms with Crippen molar-refractivity contribution < 1.29 is 9.59 Å². The van der Waals surface area contributed by atoms with Gasteiger partial charge < -0.3 is 21.3 Å². The highest BCUT2D eigenvalue weighted by atomic mass is 16.2. The van der Waals surface area contributed by atoms with Crippen LogP contribution in [0.1, 0.15) is 16.7 Å². The molecule has 0 heterocycles. The predicted octanol–water partition coefficient (Wildman–Crippen LogP) is 4.98. The molecule has 29 heavy (non-hydrogen) atoms. The molecule has 0 fully saturated rings. The molecule has 0 aliphatic carbocycles. The average Bonchev–Trinajstić information content (AvgIpc) is 2.71. The van der Waals surface area contributed by atoms with Crippen LogP contribution >= 0.6 is 0 Å². The van der Waals surface area contributed by atoms with Crippen molar-refractivity contribution in [3.05, 3.63) is 89.5 Å². The highest BCUT2D eigenvalue weighted by Crippen LogP contribution is 2.17. The fourth-order valence-electron chi connectivity index (χ4n) is 2.81. The van der Waals surface area contributed by atoms with Crippen molar-refractivity contribution in [2.75, 3.05) is 23.0 Å². The van der Waals surface area contributed by atoms with E-state index < -0.39 is 0 Å². The van der Waals surface area contributed by atoms with E-state index in [-0.39, 0.29) is 12.1 Å². The molecule has 0 saturated carbocycles. The van der Waals surface area contributed by atoms with E-state index in [4.69, 9.17) is 0 Å². The fourth-order valence-corrected chi connectivity index (χ4v) is 2.81. The molecule has 0 spiro atoms. The first-order valence-corrected chi connectivity index (χ1v) is 9.33. The SMILES string of the molecule is CNC(=O)Nc1cccc(NC(=O)Nc2ccc(Cc3ccc(C)cc3)cc2)c1. The number of urea groups is 2. The van der Waals surface area contributed by atoms with Crippen LogP contribution in [0.5, 0.6) is 0 Å². The van der Waals surface area contributed by atoms with Crippen LogP contribution < -0.4 is 21.3 Å². The second kappa shape index (κ2) is 9.41. The third kappa shape index (κ3) is 6.10. The van der Waals surface area contributed by atoms with E-state index in [0.29, 0.717) is 17.1 Å². The third-order valence-corrected chi connectivity index (χ3v) is 4.35. The minimum Gasteiger partial charge on any atom is -0.341 e. The van der Waals surface area contributed by atoms with Crippen LogP contribution in [0.15, 0.2) is 72.8 Å². The number of hydrogen-bond donors (Lipinski definition) is 4. The van der Waals surface area contributed by atoms with Crippen LogP contribution in [-0.4, -0.2) is 19.1 Å². The van der Waals surface area contributed by atoms with Crippen molar-refractivity contribution >= 4 is 29.1 Å². The number of aryl methyl sites for hydroxylation is 1. The Labute approximate surface area is 170 Å². The normalized spacial score (nSPS) is 10.1. The standard InChI is InChI=1S/C23H24N4O2/c1-16-6-8-17(9-7-16)14-18-10-12-19(13-11-18)25-23(29)27-21-5-3-4-20(15-21)26-22(28)24-2/h3-13,15H,14H2,1-2H3,(H2,24,26,28)(H2,25,27,29). The molecule has 3 aromatic carbocycles. The predicted molar refractivity (Wildman–Crippen MR) is 118 cm³/mol. The summed E-state index contributed by atoms with van der Waals surface area (Å²) in [6.07, 6.45) is 0.845. The van der Waals surface area contributed by atoms with Gasteiger partial charge in [-0.3, -0.25) is 0 Å². The maximum absolute atomic E-state index is 12.3. The van der Waals surface area contributed by atoms with Gasteiger partial charge in [0.15, 0.2) is 0 Å². The Balaban J connectivity index is 1.56. The van der Waals surface area contributed by atoms with Crippen LogP contribution in [-0.2, 0) is 6.42 Å². The highest BCUT2D eigenvalue weighted by molar-refractivity contribution is 6.00. The number of carbonyl (C=O) groups is 2. The summed E-state index contributed by atoms with van der Waals surface area (Å²) in [7, 11) is 1.54. The summed E-state index contributed by atoms with van der Waals surface area (Å²) >= 11 is 0. The second-order valence-corrected chi connectivity index (χ2v) is 6.72. The summed E-state index contributed by atoms with van der Waals surface area (Å²) in [5.74, 6) is 0. The van der Waals surface area contributed by atoms with Crippen LogP contribution in [0.4, 0.5) is 26.7 Å². The van der Waals surface area contributed by atoms with Crippen molar-refractivity contribution in [1.29, 1.82) is 0 Å². The minimum atomic E-state index is -0.353. The minimum absolute atomic E-state index is 0.322. The number of anilines is 3. The smallest absolute Gasteiger partial charge is 0.323 e. The van der Waals surface area contributed by atoms with Crippen molar-refractivity contribution in [1.82, 2.24) is 5.32 Å². The number of benzene rings is 3. The summed E-state index contributed by atoms with van der Waals surface area (Å²) in [5, 5.41) is 10.7. The largest absolute Gasteiger partial charge is 0.341 e. The zero-order valence-corrected chi connectivity index (χ0v) is 16.5. The second-order valence-electron chi connectivity index (χ2n) is 6.72. The molecule has 0 aliphatic heterocycles. The van der Waals surface area contributed by atoms with Crippen LogP contribution in [0.25, 0.3) is 0 Å². The van der Waals surface area contributed by atoms with Gasteiger partial charge in [0.25, 0.3) is 0 Å². The van der Waals surface area contributed by atoms with E-state index in [2.05, 4.69) is 52.5 Å². The zero-order chi connectivity index (χ0) is 20.6. The molecule has 0 aromatic heterocycles. The number of hydrogen-bond acceptors (Lipinski definition) is 2. The lowest BCUT2D eigenvalue weighted by Gasteiger charge is -2.10. The summed E-state index contributed by atoms with van der Waals surface area (Å²) in [5.41, 5.74) is 5.53. The molecule has 6 nitrogen and oxygen atoms in total. The molecule has 0 bridgehead atoms. The molecular weight excluding hydrogens is 364 g/mol. The molecule has 0 atom stereocenters. The first kappa shape index (κ1) is 19.9. The van der Waals surface area contributed by atoms with E-state index >= 15 is 0 Å². The molecule has 3 rings (SSSR count). The Kier molecular flexibility index (Phi) is 6.47. The van der Waals surface area contributed by atoms with Gasteiger partial charge in [0.2, 0.25) is 0 Å². The maximum Gasteiger partial charge on any atom is 0.323 e. The van der Waals surface area contributed by atoms with Gasteiger partial charge in [-0.1, -0.05) is 48.0 Å². The summed E-state index contributed by atoms with van der Waals surface area (Å²) < 4.78 is 0. The number of rotatable bonds is 5. The topological polar surface area (TPSA) is 82.3 Å². The lowest BCUT2D eigenvalue weighted by atomic mass is 10.0. The van der Waals surface area contributed by atoms with E-state index in [1.165, 1.54) is 23.7 Å². The van der Waals surface area contributed by atoms with Gasteiger partial charge in [0.1, 0.15) is 0 Å². The molecule has 3 aromatic rings. The maximum atomic E-state index is 12.3. The quantitative estimate of drug-likeness (QED) is 0.497. The molecule has 4 N–H and O–H groups in total. The van der Waals surface area contributed by atoms with Crippen molar-refractivity contribution in [2.24, 2.45) is 0 Å². The molecule has 148 valence electrons. The van der Waals surface area contributed by atoms with Gasteiger partial charge in [-0.15, -0.1) is 0 Å². The summed E-state index contributed by atoms with van der Waals surface area (Å²) in [6, 6.07) is 22.5. The highest BCUT2D eigenvalue weighted by Gasteiger charge is 2.05. The first-order valence-electron chi connectivity index (χ1n) is 9.33. The van der Waals surface area contributed by atoms with E-state index in [0.717, 1.165) is 6.42 Å². The Morgan fingerprint density at radius 1 is 0.690 bits per heavy atom. The first-order chi connectivity index (χ1) is 14.0. The lowest BCUT2D eigenvalue weighted by Crippen LogP contribution is -2.24. The van der Waals surface area contributed by atoms with Crippen molar-refractivity contribution in [3.8, 4) is 0 Å². The van der Waals surface area contributed by atoms with Gasteiger partial charge >= 0.3 is 12.1 Å². The van der Waals surface area contributed by atoms with E-state index in [9.17, 15) is 9.59 Å². The van der Waals surface area contributed by atoms with Gasteiger partial charge in [0, 0.05) is 24.1 Å². The van der Waals surface area contributed by atoms with Gasteiger partial charge in [-0.05, 0) is 54.8 Å². The van der Waals surface area contributed by atoms with Crippen LogP contribution in [0, 0.1) is 6.92 Å². The molecule has 0 unspecified atom stereocenters. The van der Waals surface area contributed by atoms with Crippen molar-refractivity contribution in [2.45, 2.75) is 13.3 Å². The molecule has 6 heteroatoms. The monoisotopic (exact) mass is 388 g/mol. The van der Waals surface area contributed by atoms with Gasteiger partial charge in [-0.25, -0.2) is 9.59 Å². The Morgan fingerprint density at radius 2 is 1.21 bits per heavy atom. The number of amides is 4. The molecule has 0 aliphatic rings. The summed E-state index contributed by atoms with van der Waals surface area (Å²) in [6.45, 7) is 2.07. The van der Waals surface area contributed by atoms with Crippen LogP contribution in [0.3, 0.4) is 0 Å². The molecule has 0 saturated heterocycles. The third-order valence-electron chi connectivity index (χ3n) is 4.35. The van der Waals surface area contributed by atoms with Crippen LogP contribution in [0.2, 0.25) is 0 Å². The summed E-state index contributed by atoms with van der Waals surface area (Å²) in [4.78, 5) is 23.6. The Bertz CT molecular complexity index is 983. The van der Waals surface area contributed by atoms with Gasteiger partial charge in [0.05, 0.1) is 0 Å². The average molecular weight is 388 g/mol. The molecular formula is C23H24N4O2. The molecule has 4 amide bonds. The number of carbonyl (C=O) groups excluding carboxylic acids is 2. The van der Waals surface area contributed by atoms with Gasteiger partial charge in [-0.2, -0.15) is 0 Å². The number of nitrogens with one attached hydrogen (secondary N) is 4. The fraction of sp³-hybridized carbons (Fsp3) is 0.130. The Hall–Kier alpha value is -3.80. The van der Waals surface area contributed by atoms with E-state index in [1.54, 1.807) is 24.3 Å². The zero-order valence-electron chi connectivity index (χ0n) is 16.5.